The lowest BCUT2D eigenvalue weighted by atomic mass is 9.89. The predicted molar refractivity (Wildman–Crippen MR) is 75.4 cm³/mol. The van der Waals surface area contributed by atoms with Gasteiger partial charge in [-0.1, -0.05) is 0 Å². The third-order valence-corrected chi connectivity index (χ3v) is 4.32. The molecule has 0 spiro atoms. The SMILES string of the molecule is CC(C)(C)OC(=O)N[C@@]1(C(=O)O)C[C@@H](NC=O)[C@@H]2[C@H](C(=O)O)[C@H]21. The van der Waals surface area contributed by atoms with Crippen molar-refractivity contribution in [1.82, 2.24) is 10.6 Å². The molecule has 128 valence electrons. The maximum Gasteiger partial charge on any atom is 0.408 e. The lowest BCUT2D eigenvalue weighted by Gasteiger charge is -2.31. The van der Waals surface area contributed by atoms with Crippen molar-refractivity contribution in [2.24, 2.45) is 17.8 Å². The highest BCUT2D eigenvalue weighted by molar-refractivity contribution is 5.89. The summed E-state index contributed by atoms with van der Waals surface area (Å²) >= 11 is 0. The standard InChI is InChI=1S/C14H20N2O7/c1-13(2,3)23-12(22)16-14(11(20)21)4-6(15-5-17)7-8(9(7)14)10(18)19/h5-9H,4H2,1-3H3,(H,15,17)(H,16,22)(H,18,19)(H,20,21)/t6-,7-,8+,9+,14+/m1/s1. The van der Waals surface area contributed by atoms with Gasteiger partial charge in [-0.25, -0.2) is 9.59 Å². The molecule has 0 aromatic carbocycles. The van der Waals surface area contributed by atoms with Crippen molar-refractivity contribution >= 4 is 24.4 Å². The van der Waals surface area contributed by atoms with Crippen LogP contribution in [0.5, 0.6) is 0 Å². The van der Waals surface area contributed by atoms with E-state index in [4.69, 9.17) is 4.74 Å². The van der Waals surface area contributed by atoms with Gasteiger partial charge < -0.3 is 25.6 Å². The Balaban J connectivity index is 2.26. The molecule has 2 saturated carbocycles. The zero-order valence-electron chi connectivity index (χ0n) is 13.0. The summed E-state index contributed by atoms with van der Waals surface area (Å²) in [7, 11) is 0. The lowest BCUT2D eigenvalue weighted by molar-refractivity contribution is -0.147. The molecule has 2 rings (SSSR count). The molecule has 4 N–H and O–H groups in total. The van der Waals surface area contributed by atoms with E-state index in [1.165, 1.54) is 0 Å². The normalized spacial score (nSPS) is 34.9. The van der Waals surface area contributed by atoms with E-state index in [2.05, 4.69) is 10.6 Å². The Morgan fingerprint density at radius 1 is 1.26 bits per heavy atom. The van der Waals surface area contributed by atoms with E-state index >= 15 is 0 Å². The highest BCUT2D eigenvalue weighted by Gasteiger charge is 2.75. The van der Waals surface area contributed by atoms with Crippen LogP contribution in [-0.4, -0.2) is 51.8 Å². The number of carboxylic acids is 2. The van der Waals surface area contributed by atoms with Crippen molar-refractivity contribution < 1.29 is 34.1 Å². The molecule has 23 heavy (non-hydrogen) atoms. The molecule has 0 unspecified atom stereocenters. The van der Waals surface area contributed by atoms with Crippen LogP contribution in [0.2, 0.25) is 0 Å². The van der Waals surface area contributed by atoms with Crippen molar-refractivity contribution in [1.29, 1.82) is 0 Å². The second-order valence-electron chi connectivity index (χ2n) is 6.97. The predicted octanol–water partition coefficient (Wildman–Crippen LogP) is -0.200. The van der Waals surface area contributed by atoms with Gasteiger partial charge in [0.05, 0.1) is 5.92 Å². The number of rotatable bonds is 5. The molecular formula is C14H20N2O7. The molecule has 5 atom stereocenters. The third kappa shape index (κ3) is 2.95. The van der Waals surface area contributed by atoms with Gasteiger partial charge in [-0.05, 0) is 26.7 Å². The van der Waals surface area contributed by atoms with Crippen LogP contribution in [0.15, 0.2) is 0 Å². The molecule has 0 heterocycles. The van der Waals surface area contributed by atoms with Crippen molar-refractivity contribution in [2.45, 2.75) is 44.4 Å². The third-order valence-electron chi connectivity index (χ3n) is 4.32. The Morgan fingerprint density at radius 3 is 2.30 bits per heavy atom. The quantitative estimate of drug-likeness (QED) is 0.512. The van der Waals surface area contributed by atoms with Crippen molar-refractivity contribution in [3.63, 3.8) is 0 Å². The fraction of sp³-hybridized carbons (Fsp3) is 0.714. The van der Waals surface area contributed by atoms with Crippen LogP contribution in [0.1, 0.15) is 27.2 Å². The van der Waals surface area contributed by atoms with Crippen LogP contribution in [0, 0.1) is 17.8 Å². The highest BCUT2D eigenvalue weighted by atomic mass is 16.6. The molecule has 0 saturated heterocycles. The Kier molecular flexibility index (Phi) is 4.00. The van der Waals surface area contributed by atoms with E-state index in [-0.39, 0.29) is 6.42 Å². The molecule has 0 aliphatic heterocycles. The van der Waals surface area contributed by atoms with E-state index in [9.17, 15) is 29.4 Å². The number of alkyl carbamates (subject to hydrolysis) is 1. The highest BCUT2D eigenvalue weighted by Crippen LogP contribution is 2.62. The van der Waals surface area contributed by atoms with Crippen LogP contribution in [0.25, 0.3) is 0 Å². The van der Waals surface area contributed by atoms with E-state index in [1.54, 1.807) is 20.8 Å². The van der Waals surface area contributed by atoms with Crippen LogP contribution in [-0.2, 0) is 19.1 Å². The molecule has 9 heteroatoms. The van der Waals surface area contributed by atoms with Crippen molar-refractivity contribution in [3.8, 4) is 0 Å². The number of carbonyl (C=O) groups is 4. The average Bonchev–Trinajstić information content (AvgIpc) is 3.03. The van der Waals surface area contributed by atoms with Gasteiger partial charge in [-0.15, -0.1) is 0 Å². The van der Waals surface area contributed by atoms with Crippen molar-refractivity contribution in [3.05, 3.63) is 0 Å². The number of carboxylic acid groups (broad SMARTS) is 2. The van der Waals surface area contributed by atoms with E-state index in [1.807, 2.05) is 0 Å². The number of fused-ring (bicyclic) bond motifs is 1. The number of hydrogen-bond acceptors (Lipinski definition) is 5. The van der Waals surface area contributed by atoms with Crippen LogP contribution >= 0.6 is 0 Å². The number of carbonyl (C=O) groups excluding carboxylic acids is 2. The molecule has 0 radical (unpaired) electrons. The van der Waals surface area contributed by atoms with Gasteiger partial charge in [0.15, 0.2) is 0 Å². The minimum Gasteiger partial charge on any atom is -0.481 e. The number of nitrogens with one attached hydrogen (secondary N) is 2. The van der Waals surface area contributed by atoms with Gasteiger partial charge in [-0.3, -0.25) is 9.59 Å². The van der Waals surface area contributed by atoms with E-state index in [0.29, 0.717) is 6.41 Å². The Labute approximate surface area is 132 Å². The number of aliphatic carboxylic acids is 2. The largest absolute Gasteiger partial charge is 0.481 e. The fourth-order valence-corrected chi connectivity index (χ4v) is 3.57. The Hall–Kier alpha value is -2.32. The second-order valence-corrected chi connectivity index (χ2v) is 6.97. The summed E-state index contributed by atoms with van der Waals surface area (Å²) in [5, 5.41) is 23.6. The van der Waals surface area contributed by atoms with Gasteiger partial charge >= 0.3 is 18.0 Å². The molecule has 0 bridgehead atoms. The van der Waals surface area contributed by atoms with E-state index in [0.717, 1.165) is 0 Å². The summed E-state index contributed by atoms with van der Waals surface area (Å²) in [5.41, 5.74) is -2.59. The van der Waals surface area contributed by atoms with Crippen LogP contribution in [0.4, 0.5) is 4.79 Å². The molecule has 0 aromatic rings. The maximum absolute atomic E-state index is 12.0. The fourth-order valence-electron chi connectivity index (χ4n) is 3.57. The number of amides is 2. The first-order valence-corrected chi connectivity index (χ1v) is 7.20. The second kappa shape index (κ2) is 5.39. The molecule has 9 nitrogen and oxygen atoms in total. The van der Waals surface area contributed by atoms with Gasteiger partial charge in [0.25, 0.3) is 0 Å². The average molecular weight is 328 g/mol. The summed E-state index contributed by atoms with van der Waals surface area (Å²) in [6, 6.07) is -0.621. The first kappa shape index (κ1) is 17.0. The van der Waals surface area contributed by atoms with Crippen LogP contribution < -0.4 is 10.6 Å². The Morgan fingerprint density at radius 2 is 1.87 bits per heavy atom. The zero-order valence-corrected chi connectivity index (χ0v) is 13.0. The lowest BCUT2D eigenvalue weighted by Crippen LogP contribution is -2.58. The minimum atomic E-state index is -1.77. The van der Waals surface area contributed by atoms with E-state index < -0.39 is 53.0 Å². The monoisotopic (exact) mass is 328 g/mol. The van der Waals surface area contributed by atoms with Crippen LogP contribution in [0.3, 0.4) is 0 Å². The summed E-state index contributed by atoms with van der Waals surface area (Å²) in [6.45, 7) is 4.89. The topological polar surface area (TPSA) is 142 Å². The molecule has 2 amide bonds. The zero-order chi connectivity index (χ0) is 17.6. The summed E-state index contributed by atoms with van der Waals surface area (Å²) in [5.74, 6) is -4.72. The molecule has 2 aliphatic rings. The smallest absolute Gasteiger partial charge is 0.408 e. The maximum atomic E-state index is 12.0. The molecule has 2 fully saturated rings. The first-order valence-electron chi connectivity index (χ1n) is 7.20. The number of hydrogen-bond donors (Lipinski definition) is 4. The summed E-state index contributed by atoms with van der Waals surface area (Å²) < 4.78 is 5.08. The summed E-state index contributed by atoms with van der Waals surface area (Å²) in [6.07, 6.45) is -0.606. The van der Waals surface area contributed by atoms with Gasteiger partial charge in [0.1, 0.15) is 11.1 Å². The molecule has 0 aromatic heterocycles. The first-order chi connectivity index (χ1) is 10.5. The summed E-state index contributed by atoms with van der Waals surface area (Å²) in [4.78, 5) is 45.8. The minimum absolute atomic E-state index is 0.0839. The molecular weight excluding hydrogens is 308 g/mol. The van der Waals surface area contributed by atoms with Crippen molar-refractivity contribution in [2.75, 3.05) is 0 Å². The molecule has 2 aliphatic carbocycles. The van der Waals surface area contributed by atoms with Gasteiger partial charge in [0, 0.05) is 18.4 Å². The van der Waals surface area contributed by atoms with Gasteiger partial charge in [0.2, 0.25) is 6.41 Å². The number of ether oxygens (including phenoxy) is 1. The van der Waals surface area contributed by atoms with Gasteiger partial charge in [-0.2, -0.15) is 0 Å². The Bertz CT molecular complexity index is 556.